The van der Waals surface area contributed by atoms with Crippen molar-refractivity contribution in [3.63, 3.8) is 0 Å². The van der Waals surface area contributed by atoms with E-state index in [1.807, 2.05) is 13.8 Å². The molecule has 0 aliphatic carbocycles. The number of pyridine rings is 1. The van der Waals surface area contributed by atoms with E-state index in [0.717, 1.165) is 12.1 Å². The molecule has 0 amide bonds. The Bertz CT molecular complexity index is 912. The SMILES string of the molecule is CC(C)Oc1ccnc(C[S+]([O-])c2nc3cc(C(F)(F)F)ccc3[nH]2)c1. The minimum atomic E-state index is -4.45. The smallest absolute Gasteiger partial charge is 0.416 e. The van der Waals surface area contributed by atoms with Gasteiger partial charge < -0.3 is 9.29 Å². The second kappa shape index (κ2) is 7.16. The largest absolute Gasteiger partial charge is 0.609 e. The highest BCUT2D eigenvalue weighted by Crippen LogP contribution is 2.31. The van der Waals surface area contributed by atoms with Crippen molar-refractivity contribution in [2.24, 2.45) is 0 Å². The van der Waals surface area contributed by atoms with Gasteiger partial charge in [-0.05, 0) is 38.1 Å². The molecular weight excluding hydrogens is 367 g/mol. The molecule has 0 aliphatic rings. The highest BCUT2D eigenvalue weighted by molar-refractivity contribution is 7.90. The Hall–Kier alpha value is -2.26. The van der Waals surface area contributed by atoms with E-state index in [1.165, 1.54) is 6.07 Å². The van der Waals surface area contributed by atoms with Gasteiger partial charge in [0, 0.05) is 23.4 Å². The van der Waals surface area contributed by atoms with Crippen LogP contribution < -0.4 is 4.74 Å². The minimum absolute atomic E-state index is 0.00560. The number of ether oxygens (including phenoxy) is 1. The van der Waals surface area contributed by atoms with Gasteiger partial charge in [0.1, 0.15) is 5.75 Å². The molecule has 2 aromatic heterocycles. The molecule has 2 heterocycles. The summed E-state index contributed by atoms with van der Waals surface area (Å²) in [5.41, 5.74) is 0.256. The van der Waals surface area contributed by atoms with Crippen molar-refractivity contribution in [3.05, 3.63) is 47.8 Å². The molecule has 138 valence electrons. The molecule has 0 saturated heterocycles. The topological polar surface area (TPSA) is 73.9 Å². The molecule has 0 spiro atoms. The Morgan fingerprint density at radius 2 is 2.00 bits per heavy atom. The summed E-state index contributed by atoms with van der Waals surface area (Å²) in [6, 6.07) is 6.55. The average Bonchev–Trinajstić information content (AvgIpc) is 2.97. The van der Waals surface area contributed by atoms with Gasteiger partial charge >= 0.3 is 11.3 Å². The summed E-state index contributed by atoms with van der Waals surface area (Å²) < 4.78 is 56.4. The first kappa shape index (κ1) is 18.5. The molecule has 1 atom stereocenters. The van der Waals surface area contributed by atoms with Crippen LogP contribution in [0.4, 0.5) is 13.2 Å². The summed E-state index contributed by atoms with van der Waals surface area (Å²) in [6.07, 6.45) is -2.90. The van der Waals surface area contributed by atoms with Gasteiger partial charge in [-0.1, -0.05) is 0 Å². The molecule has 1 N–H and O–H groups in total. The van der Waals surface area contributed by atoms with Crippen LogP contribution in [0.1, 0.15) is 25.1 Å². The molecule has 0 aliphatic heterocycles. The lowest BCUT2D eigenvalue weighted by Crippen LogP contribution is -2.09. The summed E-state index contributed by atoms with van der Waals surface area (Å²) in [6.45, 7) is 3.78. The third kappa shape index (κ3) is 4.28. The number of halogens is 3. The van der Waals surface area contributed by atoms with Crippen molar-refractivity contribution in [3.8, 4) is 5.75 Å². The highest BCUT2D eigenvalue weighted by Gasteiger charge is 2.31. The van der Waals surface area contributed by atoms with Gasteiger partial charge in [0.05, 0.1) is 28.4 Å². The zero-order chi connectivity index (χ0) is 18.9. The average molecular weight is 383 g/mol. The second-order valence-corrected chi connectivity index (χ2v) is 7.28. The predicted octanol–water partition coefficient (Wildman–Crippen LogP) is 4.07. The zero-order valence-corrected chi connectivity index (χ0v) is 14.8. The standard InChI is InChI=1S/C17H16F3N3O2S/c1-10(2)25-13-5-6-21-12(8-13)9-26(24)16-22-14-4-3-11(17(18,19)20)7-15(14)23-16/h3-8,10H,9H2,1-2H3,(H,22,23). The van der Waals surface area contributed by atoms with Crippen LogP contribution in [-0.2, 0) is 23.1 Å². The van der Waals surface area contributed by atoms with Crippen molar-refractivity contribution in [2.75, 3.05) is 0 Å². The quantitative estimate of drug-likeness (QED) is 0.674. The van der Waals surface area contributed by atoms with E-state index in [9.17, 15) is 17.7 Å². The Kier molecular flexibility index (Phi) is 5.10. The molecule has 5 nitrogen and oxygen atoms in total. The number of nitrogens with one attached hydrogen (secondary N) is 1. The van der Waals surface area contributed by atoms with Gasteiger partial charge in [-0.3, -0.25) is 9.97 Å². The van der Waals surface area contributed by atoms with E-state index >= 15 is 0 Å². The molecule has 0 radical (unpaired) electrons. The fourth-order valence-electron chi connectivity index (χ4n) is 2.35. The number of aromatic amines is 1. The van der Waals surface area contributed by atoms with E-state index in [4.69, 9.17) is 4.74 Å². The van der Waals surface area contributed by atoms with Crippen molar-refractivity contribution >= 4 is 22.2 Å². The lowest BCUT2D eigenvalue weighted by Gasteiger charge is -2.11. The van der Waals surface area contributed by atoms with Crippen LogP contribution in [0.25, 0.3) is 11.0 Å². The highest BCUT2D eigenvalue weighted by atomic mass is 32.2. The molecule has 0 saturated carbocycles. The lowest BCUT2D eigenvalue weighted by molar-refractivity contribution is -0.137. The van der Waals surface area contributed by atoms with Crippen molar-refractivity contribution in [1.82, 2.24) is 15.0 Å². The molecular formula is C17H16F3N3O2S. The fraction of sp³-hybridized carbons (Fsp3) is 0.294. The Balaban J connectivity index is 1.80. The van der Waals surface area contributed by atoms with E-state index < -0.39 is 22.9 Å². The fourth-order valence-corrected chi connectivity index (χ4v) is 3.34. The van der Waals surface area contributed by atoms with Crippen LogP contribution in [0, 0.1) is 0 Å². The van der Waals surface area contributed by atoms with Gasteiger partial charge in [-0.2, -0.15) is 18.2 Å². The molecule has 1 aromatic carbocycles. The van der Waals surface area contributed by atoms with Crippen LogP contribution in [0.5, 0.6) is 5.75 Å². The van der Waals surface area contributed by atoms with Crippen molar-refractivity contribution < 1.29 is 22.5 Å². The number of imidazole rings is 1. The molecule has 1 unspecified atom stereocenters. The van der Waals surface area contributed by atoms with Gasteiger partial charge in [0.2, 0.25) is 0 Å². The summed E-state index contributed by atoms with van der Waals surface area (Å²) in [4.78, 5) is 11.0. The number of rotatable bonds is 5. The molecule has 0 fully saturated rings. The number of hydrogen-bond acceptors (Lipinski definition) is 4. The summed E-state index contributed by atoms with van der Waals surface area (Å²) in [7, 11) is 0. The number of fused-ring (bicyclic) bond motifs is 1. The van der Waals surface area contributed by atoms with Crippen molar-refractivity contribution in [2.45, 2.75) is 37.0 Å². The summed E-state index contributed by atoms with van der Waals surface area (Å²) in [5.74, 6) is 0.683. The van der Waals surface area contributed by atoms with Gasteiger partial charge in [0.15, 0.2) is 5.75 Å². The second-order valence-electron chi connectivity index (χ2n) is 5.91. The number of hydrogen-bond donors (Lipinski definition) is 1. The van der Waals surface area contributed by atoms with Crippen LogP contribution in [0.2, 0.25) is 0 Å². The van der Waals surface area contributed by atoms with E-state index in [0.29, 0.717) is 17.0 Å². The number of aromatic nitrogens is 3. The van der Waals surface area contributed by atoms with Crippen LogP contribution in [-0.4, -0.2) is 25.6 Å². The molecule has 0 bridgehead atoms. The summed E-state index contributed by atoms with van der Waals surface area (Å²) in [5, 5.41) is 0.108. The molecule has 26 heavy (non-hydrogen) atoms. The van der Waals surface area contributed by atoms with Crippen molar-refractivity contribution in [1.29, 1.82) is 0 Å². The first-order valence-corrected chi connectivity index (χ1v) is 9.11. The van der Waals surface area contributed by atoms with Crippen LogP contribution in [0.3, 0.4) is 0 Å². The minimum Gasteiger partial charge on any atom is -0.609 e. The number of benzene rings is 1. The predicted molar refractivity (Wildman–Crippen MR) is 91.2 cm³/mol. The monoisotopic (exact) mass is 383 g/mol. The third-order valence-corrected chi connectivity index (χ3v) is 4.63. The first-order chi connectivity index (χ1) is 12.2. The number of nitrogens with zero attached hydrogens (tertiary/aromatic N) is 2. The molecule has 3 aromatic rings. The summed E-state index contributed by atoms with van der Waals surface area (Å²) >= 11 is -1.58. The van der Waals surface area contributed by atoms with Crippen LogP contribution in [0.15, 0.2) is 41.7 Å². The third-order valence-electron chi connectivity index (χ3n) is 3.44. The Labute approximate surface area is 150 Å². The van der Waals surface area contributed by atoms with Gasteiger partial charge in [-0.25, -0.2) is 0 Å². The number of alkyl halides is 3. The zero-order valence-electron chi connectivity index (χ0n) is 14.0. The van der Waals surface area contributed by atoms with Crippen LogP contribution >= 0.6 is 0 Å². The number of H-pyrrole nitrogens is 1. The maximum atomic E-state index is 12.8. The maximum Gasteiger partial charge on any atom is 0.416 e. The maximum absolute atomic E-state index is 12.8. The normalized spacial score (nSPS) is 13.3. The molecule has 9 heteroatoms. The van der Waals surface area contributed by atoms with Gasteiger partial charge in [-0.15, -0.1) is 0 Å². The van der Waals surface area contributed by atoms with E-state index in [2.05, 4.69) is 15.0 Å². The Morgan fingerprint density at radius 3 is 2.69 bits per heavy atom. The van der Waals surface area contributed by atoms with Gasteiger partial charge in [0.25, 0.3) is 0 Å². The first-order valence-electron chi connectivity index (χ1n) is 7.79. The van der Waals surface area contributed by atoms with E-state index in [-0.39, 0.29) is 22.5 Å². The van der Waals surface area contributed by atoms with E-state index in [1.54, 1.807) is 18.3 Å². The Morgan fingerprint density at radius 1 is 1.23 bits per heavy atom. The lowest BCUT2D eigenvalue weighted by atomic mass is 10.2. The molecule has 3 rings (SSSR count).